The molecule has 0 aliphatic rings. The fourth-order valence-corrected chi connectivity index (χ4v) is 7.02. The van der Waals surface area contributed by atoms with E-state index in [1.807, 2.05) is 0 Å². The van der Waals surface area contributed by atoms with E-state index in [2.05, 4.69) is 193 Å². The minimum absolute atomic E-state index is 1.12. The second-order valence-electron chi connectivity index (χ2n) is 12.2. The first-order valence-electron chi connectivity index (χ1n) is 16.2. The second-order valence-corrected chi connectivity index (χ2v) is 12.2. The number of nitrogens with zero attached hydrogens (tertiary/aromatic N) is 1. The van der Waals surface area contributed by atoms with E-state index >= 15 is 0 Å². The molecule has 9 rings (SSSR count). The van der Waals surface area contributed by atoms with Crippen LogP contribution < -0.4 is 4.90 Å². The van der Waals surface area contributed by atoms with E-state index in [0.717, 1.165) is 17.1 Å². The molecule has 0 aliphatic heterocycles. The SMILES string of the molecule is c1ccc(-c2ccc(N(c3ccc4c(-c5ccc6ccccc6c5)cccc4c3)c3cccc4cc5ccccc5cc34)cc2)cc1. The van der Waals surface area contributed by atoms with Gasteiger partial charge in [-0.15, -0.1) is 0 Å². The van der Waals surface area contributed by atoms with Crippen molar-refractivity contribution in [2.75, 3.05) is 4.90 Å². The lowest BCUT2D eigenvalue weighted by molar-refractivity contribution is 1.30. The van der Waals surface area contributed by atoms with Gasteiger partial charge in [0.15, 0.2) is 0 Å². The minimum Gasteiger partial charge on any atom is -0.310 e. The van der Waals surface area contributed by atoms with Gasteiger partial charge in [0.25, 0.3) is 0 Å². The lowest BCUT2D eigenvalue weighted by atomic mass is 9.95. The number of anilines is 3. The molecule has 0 aromatic heterocycles. The van der Waals surface area contributed by atoms with Crippen molar-refractivity contribution >= 4 is 60.2 Å². The molecule has 1 heteroatoms. The molecule has 220 valence electrons. The summed E-state index contributed by atoms with van der Waals surface area (Å²) in [5.74, 6) is 0. The van der Waals surface area contributed by atoms with Crippen molar-refractivity contribution in [2.45, 2.75) is 0 Å². The Labute approximate surface area is 274 Å². The Balaban J connectivity index is 1.22. The summed E-state index contributed by atoms with van der Waals surface area (Å²) in [5.41, 5.74) is 8.31. The summed E-state index contributed by atoms with van der Waals surface area (Å²) < 4.78 is 0. The first kappa shape index (κ1) is 27.2. The molecule has 0 radical (unpaired) electrons. The van der Waals surface area contributed by atoms with Crippen molar-refractivity contribution < 1.29 is 0 Å². The molecule has 9 aromatic carbocycles. The third-order valence-electron chi connectivity index (χ3n) is 9.38. The number of hydrogen-bond donors (Lipinski definition) is 0. The van der Waals surface area contributed by atoms with Crippen LogP contribution in [0.3, 0.4) is 0 Å². The Hall–Kier alpha value is -6.18. The van der Waals surface area contributed by atoms with Gasteiger partial charge in [-0.3, -0.25) is 0 Å². The minimum atomic E-state index is 1.12. The standard InChI is InChI=1S/C46H31N/c1-2-10-32(11-3-1)34-22-24-41(25-23-34)47(46-19-9-17-38-29-36-14-6-7-15-37(36)31-45(38)46)42-26-27-44-39(30-42)16-8-18-43(44)40-21-20-33-12-4-5-13-35(33)28-40/h1-31H. The summed E-state index contributed by atoms with van der Waals surface area (Å²) in [4.78, 5) is 2.41. The highest BCUT2D eigenvalue weighted by Gasteiger charge is 2.17. The molecule has 0 amide bonds. The van der Waals surface area contributed by atoms with Crippen molar-refractivity contribution in [1.82, 2.24) is 0 Å². The average molecular weight is 598 g/mol. The maximum Gasteiger partial charge on any atom is 0.0540 e. The highest BCUT2D eigenvalue weighted by Crippen LogP contribution is 2.42. The summed E-state index contributed by atoms with van der Waals surface area (Å²) in [6.45, 7) is 0. The smallest absolute Gasteiger partial charge is 0.0540 e. The van der Waals surface area contributed by atoms with Crippen LogP contribution in [0.5, 0.6) is 0 Å². The predicted octanol–water partition coefficient (Wildman–Crippen LogP) is 13.1. The third kappa shape index (κ3) is 4.90. The Bertz CT molecular complexity index is 2560. The van der Waals surface area contributed by atoms with Gasteiger partial charge in [0.1, 0.15) is 0 Å². The molecule has 0 saturated carbocycles. The molecular weight excluding hydrogens is 567 g/mol. The van der Waals surface area contributed by atoms with Crippen molar-refractivity contribution in [3.63, 3.8) is 0 Å². The van der Waals surface area contributed by atoms with Gasteiger partial charge in [-0.1, -0.05) is 140 Å². The van der Waals surface area contributed by atoms with Gasteiger partial charge in [0.05, 0.1) is 5.69 Å². The lowest BCUT2D eigenvalue weighted by Gasteiger charge is -2.28. The van der Waals surface area contributed by atoms with Gasteiger partial charge in [-0.25, -0.2) is 0 Å². The molecule has 0 spiro atoms. The fourth-order valence-electron chi connectivity index (χ4n) is 7.02. The number of hydrogen-bond acceptors (Lipinski definition) is 1. The van der Waals surface area contributed by atoms with Crippen LogP contribution >= 0.6 is 0 Å². The Morgan fingerprint density at radius 3 is 1.64 bits per heavy atom. The van der Waals surface area contributed by atoms with Crippen LogP contribution in [0.2, 0.25) is 0 Å². The Morgan fingerprint density at radius 2 is 0.851 bits per heavy atom. The van der Waals surface area contributed by atoms with E-state index in [0.29, 0.717) is 0 Å². The largest absolute Gasteiger partial charge is 0.310 e. The van der Waals surface area contributed by atoms with Gasteiger partial charge >= 0.3 is 0 Å². The maximum absolute atomic E-state index is 2.41. The van der Waals surface area contributed by atoms with Crippen molar-refractivity contribution in [1.29, 1.82) is 0 Å². The molecule has 0 unspecified atom stereocenters. The fraction of sp³-hybridized carbons (Fsp3) is 0. The zero-order valence-electron chi connectivity index (χ0n) is 25.8. The van der Waals surface area contributed by atoms with E-state index in [-0.39, 0.29) is 0 Å². The van der Waals surface area contributed by atoms with Crippen molar-refractivity contribution in [3.05, 3.63) is 188 Å². The van der Waals surface area contributed by atoms with Crippen LogP contribution in [-0.4, -0.2) is 0 Å². The first-order chi connectivity index (χ1) is 23.3. The molecule has 0 bridgehead atoms. The highest BCUT2D eigenvalue weighted by atomic mass is 15.1. The molecule has 47 heavy (non-hydrogen) atoms. The van der Waals surface area contributed by atoms with Gasteiger partial charge in [-0.2, -0.15) is 0 Å². The zero-order valence-corrected chi connectivity index (χ0v) is 25.8. The summed E-state index contributed by atoms with van der Waals surface area (Å²) >= 11 is 0. The summed E-state index contributed by atoms with van der Waals surface area (Å²) in [5, 5.41) is 9.92. The van der Waals surface area contributed by atoms with E-state index < -0.39 is 0 Å². The van der Waals surface area contributed by atoms with Crippen LogP contribution in [0, 0.1) is 0 Å². The zero-order chi connectivity index (χ0) is 31.2. The summed E-state index contributed by atoms with van der Waals surface area (Å²) in [6.07, 6.45) is 0. The third-order valence-corrected chi connectivity index (χ3v) is 9.38. The van der Waals surface area contributed by atoms with E-state index in [1.54, 1.807) is 0 Å². The van der Waals surface area contributed by atoms with Gasteiger partial charge in [0.2, 0.25) is 0 Å². The number of fused-ring (bicyclic) bond motifs is 4. The highest BCUT2D eigenvalue weighted by molar-refractivity contribution is 6.07. The molecule has 0 saturated heterocycles. The first-order valence-corrected chi connectivity index (χ1v) is 16.2. The Kier molecular flexibility index (Phi) is 6.54. The Morgan fingerprint density at radius 1 is 0.277 bits per heavy atom. The lowest BCUT2D eigenvalue weighted by Crippen LogP contribution is -2.10. The number of benzene rings is 9. The van der Waals surface area contributed by atoms with Crippen LogP contribution in [0.15, 0.2) is 188 Å². The van der Waals surface area contributed by atoms with E-state index in [4.69, 9.17) is 0 Å². The van der Waals surface area contributed by atoms with Crippen LogP contribution in [0.4, 0.5) is 17.1 Å². The van der Waals surface area contributed by atoms with E-state index in [1.165, 1.54) is 65.3 Å². The monoisotopic (exact) mass is 597 g/mol. The molecule has 0 fully saturated rings. The summed E-state index contributed by atoms with van der Waals surface area (Å²) in [6, 6.07) is 68.4. The van der Waals surface area contributed by atoms with Crippen LogP contribution in [0.25, 0.3) is 65.3 Å². The topological polar surface area (TPSA) is 3.24 Å². The van der Waals surface area contributed by atoms with Crippen molar-refractivity contribution in [3.8, 4) is 22.3 Å². The molecule has 0 atom stereocenters. The van der Waals surface area contributed by atoms with Crippen LogP contribution in [-0.2, 0) is 0 Å². The second kappa shape index (κ2) is 11.3. The molecule has 0 heterocycles. The van der Waals surface area contributed by atoms with Gasteiger partial charge in [0, 0.05) is 16.8 Å². The molecule has 1 nitrogen and oxygen atoms in total. The van der Waals surface area contributed by atoms with Gasteiger partial charge in [-0.05, 0) is 108 Å². The maximum atomic E-state index is 2.41. The number of rotatable bonds is 5. The molecule has 0 aliphatic carbocycles. The molecular formula is C46H31N. The van der Waals surface area contributed by atoms with Crippen LogP contribution in [0.1, 0.15) is 0 Å². The average Bonchev–Trinajstić information content (AvgIpc) is 3.14. The predicted molar refractivity (Wildman–Crippen MR) is 202 cm³/mol. The molecule has 9 aromatic rings. The van der Waals surface area contributed by atoms with E-state index in [9.17, 15) is 0 Å². The quantitative estimate of drug-likeness (QED) is 0.178. The normalized spacial score (nSPS) is 11.4. The summed E-state index contributed by atoms with van der Waals surface area (Å²) in [7, 11) is 0. The van der Waals surface area contributed by atoms with Gasteiger partial charge < -0.3 is 4.90 Å². The van der Waals surface area contributed by atoms with Crippen molar-refractivity contribution in [2.24, 2.45) is 0 Å². The molecule has 0 N–H and O–H groups in total.